The Hall–Kier alpha value is -3.47. The maximum atomic E-state index is 6.33. The Balaban J connectivity index is 1.36. The van der Waals surface area contributed by atoms with Gasteiger partial charge in [-0.3, -0.25) is 0 Å². The van der Waals surface area contributed by atoms with Crippen LogP contribution in [0.3, 0.4) is 0 Å². The van der Waals surface area contributed by atoms with Gasteiger partial charge in [-0.05, 0) is 76.8 Å². The molecule has 0 spiro atoms. The second-order valence-electron chi connectivity index (χ2n) is 8.06. The van der Waals surface area contributed by atoms with Gasteiger partial charge in [0.1, 0.15) is 12.4 Å². The summed E-state index contributed by atoms with van der Waals surface area (Å²) in [6.45, 7) is 2.78. The monoisotopic (exact) mass is 410 g/mol. The van der Waals surface area contributed by atoms with E-state index in [1.165, 1.54) is 36.0 Å². The van der Waals surface area contributed by atoms with Crippen molar-refractivity contribution in [1.29, 1.82) is 0 Å². The molecule has 5 rings (SSSR count). The largest absolute Gasteiger partial charge is 0.489 e. The molecule has 0 bridgehead atoms. The van der Waals surface area contributed by atoms with E-state index < -0.39 is 0 Å². The van der Waals surface area contributed by atoms with Crippen molar-refractivity contribution in [2.45, 2.75) is 45.6 Å². The summed E-state index contributed by atoms with van der Waals surface area (Å²) in [6.07, 6.45) is 5.88. The van der Waals surface area contributed by atoms with Gasteiger partial charge in [0.25, 0.3) is 0 Å². The van der Waals surface area contributed by atoms with Crippen LogP contribution in [-0.4, -0.2) is 20.6 Å². The first kappa shape index (κ1) is 19.5. The number of aromatic amines is 1. The smallest absolute Gasteiger partial charge is 0.205 e. The number of aromatic nitrogens is 4. The highest BCUT2D eigenvalue weighted by Gasteiger charge is 2.16. The predicted molar refractivity (Wildman–Crippen MR) is 122 cm³/mol. The van der Waals surface area contributed by atoms with E-state index in [0.29, 0.717) is 12.4 Å². The lowest BCUT2D eigenvalue weighted by atomic mass is 9.89. The number of ether oxygens (including phenoxy) is 1. The molecular formula is C26H26N4O. The molecule has 1 aromatic heterocycles. The molecule has 156 valence electrons. The second kappa shape index (κ2) is 8.72. The number of benzene rings is 3. The van der Waals surface area contributed by atoms with Crippen molar-refractivity contribution in [3.8, 4) is 28.3 Å². The standard InChI is InChI=1S/C26H26N4O/c1-2-18-15-21-7-3-4-9-23(21)25(16-18)31-17-19-11-13-20(14-12-19)22-8-5-6-10-24(22)26-27-29-30-28-26/h5-6,8,10-16H,2-4,7,9,17H2,1H3,(H,27,28,29,30). The van der Waals surface area contributed by atoms with Crippen molar-refractivity contribution in [3.05, 3.63) is 82.9 Å². The molecule has 0 atom stereocenters. The minimum atomic E-state index is 0.576. The minimum absolute atomic E-state index is 0.576. The van der Waals surface area contributed by atoms with E-state index in [9.17, 15) is 0 Å². The Kier molecular flexibility index (Phi) is 5.48. The Morgan fingerprint density at radius 1 is 0.903 bits per heavy atom. The summed E-state index contributed by atoms with van der Waals surface area (Å²) in [6, 6.07) is 21.3. The zero-order valence-corrected chi connectivity index (χ0v) is 17.8. The number of hydrogen-bond donors (Lipinski definition) is 1. The van der Waals surface area contributed by atoms with E-state index in [-0.39, 0.29) is 0 Å². The van der Waals surface area contributed by atoms with Gasteiger partial charge in [-0.15, -0.1) is 10.2 Å². The van der Waals surface area contributed by atoms with Gasteiger partial charge >= 0.3 is 0 Å². The quantitative estimate of drug-likeness (QED) is 0.452. The Labute approximate surface area is 182 Å². The first-order valence-corrected chi connectivity index (χ1v) is 11.0. The van der Waals surface area contributed by atoms with Crippen LogP contribution in [0, 0.1) is 0 Å². The molecule has 1 aliphatic rings. The third-order valence-corrected chi connectivity index (χ3v) is 6.06. The third-order valence-electron chi connectivity index (χ3n) is 6.06. The van der Waals surface area contributed by atoms with Crippen molar-refractivity contribution >= 4 is 0 Å². The summed E-state index contributed by atoms with van der Waals surface area (Å²) in [5.41, 5.74) is 8.58. The summed E-state index contributed by atoms with van der Waals surface area (Å²) < 4.78 is 6.33. The SMILES string of the molecule is CCc1cc2c(c(OCc3ccc(-c4ccccc4-c4nn[nH]n4)cc3)c1)CCCC2. The maximum absolute atomic E-state index is 6.33. The minimum Gasteiger partial charge on any atom is -0.489 e. The van der Waals surface area contributed by atoms with E-state index >= 15 is 0 Å². The summed E-state index contributed by atoms with van der Waals surface area (Å²) in [5, 5.41) is 14.5. The van der Waals surface area contributed by atoms with E-state index in [2.05, 4.69) is 70.0 Å². The fourth-order valence-corrected chi connectivity index (χ4v) is 4.37. The first-order chi connectivity index (χ1) is 15.3. The predicted octanol–water partition coefficient (Wildman–Crippen LogP) is 5.55. The second-order valence-corrected chi connectivity index (χ2v) is 8.06. The molecule has 0 fully saturated rings. The van der Waals surface area contributed by atoms with Gasteiger partial charge in [-0.1, -0.05) is 61.5 Å². The highest BCUT2D eigenvalue weighted by Crippen LogP contribution is 2.33. The Bertz CT molecular complexity index is 1170. The topological polar surface area (TPSA) is 63.7 Å². The molecule has 31 heavy (non-hydrogen) atoms. The van der Waals surface area contributed by atoms with E-state index in [1.54, 1.807) is 0 Å². The lowest BCUT2D eigenvalue weighted by Gasteiger charge is -2.21. The van der Waals surface area contributed by atoms with Crippen LogP contribution in [0.4, 0.5) is 0 Å². The molecule has 0 aliphatic heterocycles. The van der Waals surface area contributed by atoms with Crippen LogP contribution < -0.4 is 4.74 Å². The van der Waals surface area contributed by atoms with E-state index in [4.69, 9.17) is 4.74 Å². The summed E-state index contributed by atoms with van der Waals surface area (Å²) in [7, 11) is 0. The molecule has 4 aromatic rings. The highest BCUT2D eigenvalue weighted by molar-refractivity contribution is 5.80. The van der Waals surface area contributed by atoms with Gasteiger partial charge in [0.2, 0.25) is 5.82 Å². The molecular weight excluding hydrogens is 384 g/mol. The first-order valence-electron chi connectivity index (χ1n) is 11.0. The Morgan fingerprint density at radius 2 is 1.71 bits per heavy atom. The summed E-state index contributed by atoms with van der Waals surface area (Å²) >= 11 is 0. The maximum Gasteiger partial charge on any atom is 0.205 e. The number of H-pyrrole nitrogens is 1. The lowest BCUT2D eigenvalue weighted by molar-refractivity contribution is 0.301. The third kappa shape index (κ3) is 4.08. The van der Waals surface area contributed by atoms with Crippen LogP contribution in [0.25, 0.3) is 22.5 Å². The van der Waals surface area contributed by atoms with Crippen molar-refractivity contribution in [2.24, 2.45) is 0 Å². The van der Waals surface area contributed by atoms with Gasteiger partial charge in [0.15, 0.2) is 0 Å². The molecule has 0 saturated carbocycles. The average Bonchev–Trinajstić information content (AvgIpc) is 3.37. The van der Waals surface area contributed by atoms with Gasteiger partial charge in [-0.25, -0.2) is 0 Å². The molecule has 1 N–H and O–H groups in total. The number of hydrogen-bond acceptors (Lipinski definition) is 4. The van der Waals surface area contributed by atoms with Crippen LogP contribution in [0.2, 0.25) is 0 Å². The molecule has 1 aliphatic carbocycles. The lowest BCUT2D eigenvalue weighted by Crippen LogP contribution is -2.07. The van der Waals surface area contributed by atoms with Gasteiger partial charge < -0.3 is 4.74 Å². The van der Waals surface area contributed by atoms with Crippen LogP contribution >= 0.6 is 0 Å². The zero-order valence-electron chi connectivity index (χ0n) is 17.8. The average molecular weight is 411 g/mol. The Morgan fingerprint density at radius 3 is 2.48 bits per heavy atom. The van der Waals surface area contributed by atoms with E-state index in [1.807, 2.05) is 18.2 Å². The van der Waals surface area contributed by atoms with Crippen molar-refractivity contribution in [1.82, 2.24) is 20.6 Å². The van der Waals surface area contributed by atoms with Crippen LogP contribution in [0.5, 0.6) is 5.75 Å². The summed E-state index contributed by atoms with van der Waals surface area (Å²) in [5.74, 6) is 1.67. The molecule has 0 radical (unpaired) electrons. The number of tetrazole rings is 1. The van der Waals surface area contributed by atoms with Crippen LogP contribution in [0.1, 0.15) is 42.0 Å². The normalized spacial score (nSPS) is 13.1. The highest BCUT2D eigenvalue weighted by atomic mass is 16.5. The molecule has 5 heteroatoms. The van der Waals surface area contributed by atoms with Crippen LogP contribution in [-0.2, 0) is 25.9 Å². The molecule has 0 saturated heterocycles. The van der Waals surface area contributed by atoms with E-state index in [0.717, 1.165) is 40.8 Å². The molecule has 0 unspecified atom stereocenters. The van der Waals surface area contributed by atoms with Crippen molar-refractivity contribution in [3.63, 3.8) is 0 Å². The van der Waals surface area contributed by atoms with Crippen LogP contribution in [0.15, 0.2) is 60.7 Å². The fraction of sp³-hybridized carbons (Fsp3) is 0.269. The van der Waals surface area contributed by atoms with Gasteiger partial charge in [0.05, 0.1) is 0 Å². The number of aryl methyl sites for hydroxylation is 2. The molecule has 3 aromatic carbocycles. The number of fused-ring (bicyclic) bond motifs is 1. The number of nitrogens with zero attached hydrogens (tertiary/aromatic N) is 3. The summed E-state index contributed by atoms with van der Waals surface area (Å²) in [4.78, 5) is 0. The molecule has 1 heterocycles. The molecule has 5 nitrogen and oxygen atoms in total. The van der Waals surface area contributed by atoms with Gasteiger partial charge in [0, 0.05) is 5.56 Å². The van der Waals surface area contributed by atoms with Gasteiger partial charge in [-0.2, -0.15) is 5.21 Å². The number of nitrogens with one attached hydrogen (secondary N) is 1. The number of rotatable bonds is 6. The van der Waals surface area contributed by atoms with Crippen molar-refractivity contribution in [2.75, 3.05) is 0 Å². The molecule has 0 amide bonds. The fourth-order valence-electron chi connectivity index (χ4n) is 4.37. The zero-order chi connectivity index (χ0) is 21.0. The van der Waals surface area contributed by atoms with Crippen molar-refractivity contribution < 1.29 is 4.74 Å².